The maximum absolute atomic E-state index is 12.7. The molecule has 0 spiro atoms. The van der Waals surface area contributed by atoms with Crippen LogP contribution in [0.15, 0.2) is 24.3 Å². The van der Waals surface area contributed by atoms with Gasteiger partial charge in [0, 0.05) is 33.2 Å². The van der Waals surface area contributed by atoms with Crippen molar-refractivity contribution in [1.82, 2.24) is 15.5 Å². The van der Waals surface area contributed by atoms with Gasteiger partial charge in [0.15, 0.2) is 0 Å². The second kappa shape index (κ2) is 7.21. The molecule has 1 unspecified atom stereocenters. The van der Waals surface area contributed by atoms with Gasteiger partial charge in [-0.15, -0.1) is 0 Å². The van der Waals surface area contributed by atoms with E-state index >= 15 is 0 Å². The van der Waals surface area contributed by atoms with Crippen LogP contribution in [-0.4, -0.2) is 56.7 Å². The van der Waals surface area contributed by atoms with Crippen LogP contribution in [-0.2, 0) is 4.79 Å². The fourth-order valence-corrected chi connectivity index (χ4v) is 2.19. The van der Waals surface area contributed by atoms with Crippen molar-refractivity contribution in [2.75, 3.05) is 39.8 Å². The summed E-state index contributed by atoms with van der Waals surface area (Å²) < 4.78 is 18.3. The molecule has 6 heteroatoms. The van der Waals surface area contributed by atoms with E-state index in [4.69, 9.17) is 4.74 Å². The summed E-state index contributed by atoms with van der Waals surface area (Å²) in [6.45, 7) is 3.61. The first-order valence-electron chi connectivity index (χ1n) is 6.75. The van der Waals surface area contributed by atoms with E-state index in [9.17, 15) is 9.18 Å². The predicted octanol–water partition coefficient (Wildman–Crippen LogP) is 0.224. The highest BCUT2D eigenvalue weighted by Crippen LogP contribution is 2.11. The monoisotopic (exact) mass is 281 g/mol. The van der Waals surface area contributed by atoms with Gasteiger partial charge in [-0.1, -0.05) is 0 Å². The smallest absolute Gasteiger partial charge is 0.238 e. The largest absolute Gasteiger partial charge is 0.492 e. The average molecular weight is 281 g/mol. The molecular formula is C14H20FN3O2. The molecule has 0 bridgehead atoms. The first-order chi connectivity index (χ1) is 9.69. The summed E-state index contributed by atoms with van der Waals surface area (Å²) in [6.07, 6.45) is 0. The number of carbonyl (C=O) groups is 1. The number of piperazine rings is 1. The Morgan fingerprint density at radius 1 is 1.50 bits per heavy atom. The third-order valence-corrected chi connectivity index (χ3v) is 3.31. The number of halogens is 1. The lowest BCUT2D eigenvalue weighted by Gasteiger charge is -2.32. The minimum Gasteiger partial charge on any atom is -0.492 e. The van der Waals surface area contributed by atoms with Gasteiger partial charge in [-0.2, -0.15) is 0 Å². The van der Waals surface area contributed by atoms with Crippen molar-refractivity contribution in [3.05, 3.63) is 30.1 Å². The van der Waals surface area contributed by atoms with Crippen LogP contribution in [0.5, 0.6) is 5.75 Å². The van der Waals surface area contributed by atoms with E-state index in [0.717, 1.165) is 19.6 Å². The molecule has 1 amide bonds. The average Bonchev–Trinajstić information content (AvgIpc) is 2.49. The maximum Gasteiger partial charge on any atom is 0.238 e. The van der Waals surface area contributed by atoms with Crippen LogP contribution in [0.4, 0.5) is 4.39 Å². The quantitative estimate of drug-likeness (QED) is 0.811. The number of amides is 1. The number of benzene rings is 1. The summed E-state index contributed by atoms with van der Waals surface area (Å²) in [5.41, 5.74) is 0. The molecular weight excluding hydrogens is 261 g/mol. The third-order valence-electron chi connectivity index (χ3n) is 3.31. The molecule has 1 aliphatic heterocycles. The molecule has 1 aromatic carbocycles. The van der Waals surface area contributed by atoms with Crippen molar-refractivity contribution in [1.29, 1.82) is 0 Å². The molecule has 20 heavy (non-hydrogen) atoms. The van der Waals surface area contributed by atoms with Gasteiger partial charge in [-0.25, -0.2) is 4.39 Å². The summed E-state index contributed by atoms with van der Waals surface area (Å²) in [5, 5.41) is 5.83. The zero-order chi connectivity index (χ0) is 14.4. The normalized spacial score (nSPS) is 19.6. The Hall–Kier alpha value is -1.66. The number of hydrogen-bond donors (Lipinski definition) is 2. The molecule has 0 saturated carbocycles. The van der Waals surface area contributed by atoms with Gasteiger partial charge in [-0.3, -0.25) is 9.69 Å². The molecule has 1 atom stereocenters. The number of carbonyl (C=O) groups excluding carboxylic acids is 1. The van der Waals surface area contributed by atoms with Gasteiger partial charge in [0.2, 0.25) is 5.91 Å². The van der Waals surface area contributed by atoms with E-state index in [1.165, 1.54) is 12.1 Å². The Bertz CT molecular complexity index is 439. The minimum atomic E-state index is -0.270. The highest BCUT2D eigenvalue weighted by Gasteiger charge is 2.24. The zero-order valence-electron chi connectivity index (χ0n) is 11.6. The van der Waals surface area contributed by atoms with Gasteiger partial charge in [-0.05, 0) is 24.3 Å². The van der Waals surface area contributed by atoms with Crippen LogP contribution in [0.1, 0.15) is 0 Å². The highest BCUT2D eigenvalue weighted by atomic mass is 19.1. The SMILES string of the molecule is CNC(=O)C1CN(CCOc2ccc(F)cc2)CCN1. The lowest BCUT2D eigenvalue weighted by Crippen LogP contribution is -2.57. The van der Waals surface area contributed by atoms with Crippen LogP contribution < -0.4 is 15.4 Å². The van der Waals surface area contributed by atoms with Crippen molar-refractivity contribution >= 4 is 5.91 Å². The highest BCUT2D eigenvalue weighted by molar-refractivity contribution is 5.81. The van der Waals surface area contributed by atoms with Gasteiger partial charge in [0.1, 0.15) is 18.2 Å². The third kappa shape index (κ3) is 4.18. The molecule has 0 radical (unpaired) electrons. The Labute approximate surface area is 118 Å². The van der Waals surface area contributed by atoms with Crippen molar-refractivity contribution in [2.45, 2.75) is 6.04 Å². The molecule has 1 fully saturated rings. The molecule has 1 aliphatic rings. The first-order valence-corrected chi connectivity index (χ1v) is 6.75. The van der Waals surface area contributed by atoms with Crippen LogP contribution in [0.2, 0.25) is 0 Å². The number of rotatable bonds is 5. The molecule has 2 rings (SSSR count). The Kier molecular flexibility index (Phi) is 5.31. The second-order valence-electron chi connectivity index (χ2n) is 4.72. The Balaban J connectivity index is 1.73. The standard InChI is InChI=1S/C14H20FN3O2/c1-16-14(19)13-10-18(7-6-17-13)8-9-20-12-4-2-11(15)3-5-12/h2-5,13,17H,6-10H2,1H3,(H,16,19). The molecule has 1 aromatic rings. The van der Waals surface area contributed by atoms with Crippen molar-refractivity contribution in [3.8, 4) is 5.75 Å². The van der Waals surface area contributed by atoms with E-state index in [1.807, 2.05) is 0 Å². The topological polar surface area (TPSA) is 53.6 Å². The fourth-order valence-electron chi connectivity index (χ4n) is 2.19. The van der Waals surface area contributed by atoms with Crippen molar-refractivity contribution in [2.24, 2.45) is 0 Å². The van der Waals surface area contributed by atoms with Gasteiger partial charge < -0.3 is 15.4 Å². The summed E-state index contributed by atoms with van der Waals surface area (Å²) in [7, 11) is 1.64. The van der Waals surface area contributed by atoms with Crippen molar-refractivity contribution in [3.63, 3.8) is 0 Å². The Morgan fingerprint density at radius 3 is 2.95 bits per heavy atom. The molecule has 2 N–H and O–H groups in total. The molecule has 5 nitrogen and oxygen atoms in total. The van der Waals surface area contributed by atoms with Gasteiger partial charge >= 0.3 is 0 Å². The lowest BCUT2D eigenvalue weighted by atomic mass is 10.2. The van der Waals surface area contributed by atoms with Crippen LogP contribution in [0.3, 0.4) is 0 Å². The Morgan fingerprint density at radius 2 is 2.25 bits per heavy atom. The van der Waals surface area contributed by atoms with E-state index in [1.54, 1.807) is 19.2 Å². The number of nitrogens with zero attached hydrogens (tertiary/aromatic N) is 1. The summed E-state index contributed by atoms with van der Waals surface area (Å²) in [5.74, 6) is 0.395. The predicted molar refractivity (Wildman–Crippen MR) is 74.2 cm³/mol. The first kappa shape index (κ1) is 14.7. The van der Waals surface area contributed by atoms with Crippen molar-refractivity contribution < 1.29 is 13.9 Å². The summed E-state index contributed by atoms with van der Waals surface area (Å²) in [4.78, 5) is 13.8. The molecule has 0 aromatic heterocycles. The van der Waals surface area contributed by atoms with Crippen LogP contribution >= 0.6 is 0 Å². The lowest BCUT2D eigenvalue weighted by molar-refractivity contribution is -0.123. The van der Waals surface area contributed by atoms with E-state index in [0.29, 0.717) is 18.9 Å². The number of hydrogen-bond acceptors (Lipinski definition) is 4. The zero-order valence-corrected chi connectivity index (χ0v) is 11.6. The summed E-state index contributed by atoms with van der Waals surface area (Å²) in [6, 6.07) is 5.81. The number of likely N-dealkylation sites (N-methyl/N-ethyl adjacent to an activating group) is 1. The number of ether oxygens (including phenoxy) is 1. The van der Waals surface area contributed by atoms with Crippen LogP contribution in [0.25, 0.3) is 0 Å². The molecule has 0 aliphatic carbocycles. The maximum atomic E-state index is 12.7. The second-order valence-corrected chi connectivity index (χ2v) is 4.72. The van der Waals surface area contributed by atoms with E-state index < -0.39 is 0 Å². The molecule has 1 saturated heterocycles. The number of nitrogens with one attached hydrogen (secondary N) is 2. The fraction of sp³-hybridized carbons (Fsp3) is 0.500. The van der Waals surface area contributed by atoms with Gasteiger partial charge in [0.05, 0.1) is 6.04 Å². The molecule has 110 valence electrons. The van der Waals surface area contributed by atoms with Gasteiger partial charge in [0.25, 0.3) is 0 Å². The van der Waals surface area contributed by atoms with E-state index in [2.05, 4.69) is 15.5 Å². The minimum absolute atomic E-state index is 0.00847. The van der Waals surface area contributed by atoms with Crippen LogP contribution in [0, 0.1) is 5.82 Å². The summed E-state index contributed by atoms with van der Waals surface area (Å²) >= 11 is 0. The molecule has 1 heterocycles. The van der Waals surface area contributed by atoms with E-state index in [-0.39, 0.29) is 17.8 Å².